The molecule has 0 saturated heterocycles. The lowest BCUT2D eigenvalue weighted by atomic mass is 10.2. The van der Waals surface area contributed by atoms with Crippen LogP contribution >= 0.6 is 35.3 Å². The van der Waals surface area contributed by atoms with E-state index < -0.39 is 0 Å². The quantitative estimate of drug-likeness (QED) is 0.497. The molecule has 0 spiro atoms. The Morgan fingerprint density at radius 2 is 2.25 bits per heavy atom. The lowest BCUT2D eigenvalue weighted by Gasteiger charge is -2.05. The van der Waals surface area contributed by atoms with Crippen LogP contribution in [-0.2, 0) is 6.54 Å². The Balaban J connectivity index is 0.00000225. The molecule has 0 radical (unpaired) electrons. The average Bonchev–Trinajstić information content (AvgIpc) is 2.68. The normalized spacial score (nSPS) is 11.2. The second-order valence-corrected chi connectivity index (χ2v) is 4.44. The number of hydrogen-bond acceptors (Lipinski definition) is 3. The van der Waals surface area contributed by atoms with E-state index in [0.717, 1.165) is 23.2 Å². The maximum Gasteiger partial charge on any atom is 0.191 e. The molecule has 4 nitrogen and oxygen atoms in total. The zero-order valence-corrected chi connectivity index (χ0v) is 13.2. The maximum atomic E-state index is 4.52. The lowest BCUT2D eigenvalue weighted by Crippen LogP contribution is -2.34. The predicted molar refractivity (Wildman–Crippen MR) is 80.9 cm³/mol. The number of hydrogen-bond donors (Lipinski definition) is 2. The Kier molecular flexibility index (Phi) is 7.65. The number of aromatic nitrogens is 1. The molecule has 0 bridgehead atoms. The van der Waals surface area contributed by atoms with Crippen LogP contribution in [0.1, 0.15) is 30.5 Å². The third-order valence-corrected chi connectivity index (χ3v) is 2.90. The Morgan fingerprint density at radius 1 is 1.56 bits per heavy atom. The smallest absolute Gasteiger partial charge is 0.191 e. The summed E-state index contributed by atoms with van der Waals surface area (Å²) in [6.07, 6.45) is 0. The van der Waals surface area contributed by atoms with Crippen molar-refractivity contribution in [2.75, 3.05) is 14.1 Å². The number of thiazole rings is 1. The minimum absolute atomic E-state index is 0. The van der Waals surface area contributed by atoms with E-state index in [4.69, 9.17) is 0 Å². The first kappa shape index (κ1) is 15.6. The van der Waals surface area contributed by atoms with Gasteiger partial charge in [0.1, 0.15) is 5.01 Å². The van der Waals surface area contributed by atoms with Gasteiger partial charge in [0.2, 0.25) is 0 Å². The first-order chi connectivity index (χ1) is 7.17. The van der Waals surface area contributed by atoms with E-state index in [0.29, 0.717) is 5.92 Å². The first-order valence-corrected chi connectivity index (χ1v) is 5.88. The predicted octanol–water partition coefficient (Wildman–Crippen LogP) is 2.18. The summed E-state index contributed by atoms with van der Waals surface area (Å²) in [5.74, 6) is 1.29. The summed E-state index contributed by atoms with van der Waals surface area (Å²) >= 11 is 1.68. The number of halogens is 1. The van der Waals surface area contributed by atoms with Gasteiger partial charge >= 0.3 is 0 Å². The zero-order chi connectivity index (χ0) is 11.3. The molecule has 0 unspecified atom stereocenters. The summed E-state index contributed by atoms with van der Waals surface area (Å²) in [6.45, 7) is 5.03. The minimum Gasteiger partial charge on any atom is -0.359 e. The van der Waals surface area contributed by atoms with Gasteiger partial charge in [-0.1, -0.05) is 13.8 Å². The van der Waals surface area contributed by atoms with Crippen LogP contribution in [0.3, 0.4) is 0 Å². The molecule has 16 heavy (non-hydrogen) atoms. The SMILES string of the molecule is CN=C(NC)NCc1nc(C(C)C)cs1.I. The van der Waals surface area contributed by atoms with Crippen molar-refractivity contribution in [2.24, 2.45) is 4.99 Å². The Bertz CT molecular complexity index is 335. The van der Waals surface area contributed by atoms with E-state index >= 15 is 0 Å². The van der Waals surface area contributed by atoms with E-state index in [-0.39, 0.29) is 24.0 Å². The molecule has 0 aliphatic heterocycles. The highest BCUT2D eigenvalue weighted by molar-refractivity contribution is 14.0. The first-order valence-electron chi connectivity index (χ1n) is 5.00. The van der Waals surface area contributed by atoms with Crippen molar-refractivity contribution in [1.29, 1.82) is 0 Å². The fourth-order valence-corrected chi connectivity index (χ4v) is 2.01. The second-order valence-electron chi connectivity index (χ2n) is 3.50. The number of nitrogens with one attached hydrogen (secondary N) is 2. The summed E-state index contributed by atoms with van der Waals surface area (Å²) in [7, 11) is 3.59. The van der Waals surface area contributed by atoms with Gasteiger partial charge in [-0.05, 0) is 5.92 Å². The van der Waals surface area contributed by atoms with Gasteiger partial charge in [-0.3, -0.25) is 4.99 Å². The van der Waals surface area contributed by atoms with E-state index in [1.165, 1.54) is 0 Å². The van der Waals surface area contributed by atoms with Crippen molar-refractivity contribution in [3.63, 3.8) is 0 Å². The summed E-state index contributed by atoms with van der Waals surface area (Å²) in [5, 5.41) is 9.35. The molecule has 0 saturated carbocycles. The molecule has 1 rings (SSSR count). The van der Waals surface area contributed by atoms with Crippen LogP contribution in [0.15, 0.2) is 10.4 Å². The topological polar surface area (TPSA) is 49.3 Å². The Labute approximate surface area is 118 Å². The van der Waals surface area contributed by atoms with Crippen LogP contribution in [0.4, 0.5) is 0 Å². The molecular formula is C10H19IN4S. The maximum absolute atomic E-state index is 4.52. The van der Waals surface area contributed by atoms with Gasteiger partial charge in [0.05, 0.1) is 12.2 Å². The number of aliphatic imine (C=N–C) groups is 1. The third-order valence-electron chi connectivity index (χ3n) is 2.03. The van der Waals surface area contributed by atoms with Gasteiger partial charge in [-0.15, -0.1) is 35.3 Å². The number of guanidine groups is 1. The van der Waals surface area contributed by atoms with E-state index in [2.05, 4.69) is 39.8 Å². The van der Waals surface area contributed by atoms with Gasteiger partial charge in [-0.2, -0.15) is 0 Å². The summed E-state index contributed by atoms with van der Waals surface area (Å²) < 4.78 is 0. The summed E-state index contributed by atoms with van der Waals surface area (Å²) in [5.41, 5.74) is 1.16. The van der Waals surface area contributed by atoms with E-state index in [9.17, 15) is 0 Å². The molecule has 0 fully saturated rings. The molecule has 0 amide bonds. The van der Waals surface area contributed by atoms with Crippen LogP contribution in [-0.4, -0.2) is 25.0 Å². The lowest BCUT2D eigenvalue weighted by molar-refractivity contribution is 0.802. The Hall–Kier alpha value is -0.370. The van der Waals surface area contributed by atoms with Crippen molar-refractivity contribution in [2.45, 2.75) is 26.3 Å². The van der Waals surface area contributed by atoms with Crippen LogP contribution in [0.5, 0.6) is 0 Å². The highest BCUT2D eigenvalue weighted by Gasteiger charge is 2.05. The molecule has 1 aromatic heterocycles. The summed E-state index contributed by atoms with van der Waals surface area (Å²) in [4.78, 5) is 8.56. The monoisotopic (exact) mass is 354 g/mol. The molecule has 0 atom stereocenters. The molecule has 2 N–H and O–H groups in total. The van der Waals surface area contributed by atoms with Crippen LogP contribution in [0.2, 0.25) is 0 Å². The Morgan fingerprint density at radius 3 is 2.69 bits per heavy atom. The van der Waals surface area contributed by atoms with Gasteiger partial charge in [0.25, 0.3) is 0 Å². The highest BCUT2D eigenvalue weighted by Crippen LogP contribution is 2.17. The molecule has 92 valence electrons. The zero-order valence-electron chi connectivity index (χ0n) is 10.1. The standard InChI is InChI=1S/C10H18N4S.HI/c1-7(2)8-6-15-9(14-8)5-13-10(11-3)12-4;/h6-7H,5H2,1-4H3,(H2,11,12,13);1H. The van der Waals surface area contributed by atoms with Crippen LogP contribution < -0.4 is 10.6 Å². The van der Waals surface area contributed by atoms with Crippen molar-refractivity contribution >= 4 is 41.3 Å². The summed E-state index contributed by atoms with van der Waals surface area (Å²) in [6, 6.07) is 0. The third kappa shape index (κ3) is 4.65. The van der Waals surface area contributed by atoms with Crippen molar-refractivity contribution in [3.05, 3.63) is 16.1 Å². The molecule has 0 aliphatic rings. The van der Waals surface area contributed by atoms with Gasteiger partial charge < -0.3 is 10.6 Å². The fraction of sp³-hybridized carbons (Fsp3) is 0.600. The second kappa shape index (κ2) is 7.83. The van der Waals surface area contributed by atoms with Gasteiger partial charge in [0.15, 0.2) is 5.96 Å². The van der Waals surface area contributed by atoms with E-state index in [1.54, 1.807) is 18.4 Å². The number of rotatable bonds is 3. The van der Waals surface area contributed by atoms with Crippen LogP contribution in [0, 0.1) is 0 Å². The minimum atomic E-state index is 0. The van der Waals surface area contributed by atoms with E-state index in [1.807, 2.05) is 7.05 Å². The molecule has 6 heteroatoms. The van der Waals surface area contributed by atoms with Gasteiger partial charge in [0, 0.05) is 19.5 Å². The van der Waals surface area contributed by atoms with Crippen molar-refractivity contribution in [3.8, 4) is 0 Å². The molecule has 1 heterocycles. The largest absolute Gasteiger partial charge is 0.359 e. The average molecular weight is 354 g/mol. The molecule has 0 aromatic carbocycles. The highest BCUT2D eigenvalue weighted by atomic mass is 127. The van der Waals surface area contributed by atoms with Gasteiger partial charge in [-0.25, -0.2) is 4.98 Å². The number of nitrogens with zero attached hydrogens (tertiary/aromatic N) is 2. The van der Waals surface area contributed by atoms with Crippen LogP contribution in [0.25, 0.3) is 0 Å². The molecular weight excluding hydrogens is 335 g/mol. The van der Waals surface area contributed by atoms with Crippen molar-refractivity contribution < 1.29 is 0 Å². The molecule has 0 aliphatic carbocycles. The molecule has 1 aromatic rings. The van der Waals surface area contributed by atoms with Crippen molar-refractivity contribution in [1.82, 2.24) is 15.6 Å². The fourth-order valence-electron chi connectivity index (χ4n) is 1.11.